The van der Waals surface area contributed by atoms with Crippen molar-refractivity contribution in [3.8, 4) is 17.7 Å². The van der Waals surface area contributed by atoms with Crippen LogP contribution in [0.1, 0.15) is 28.3 Å². The number of allylic oxidation sites excluding steroid dienone is 1. The van der Waals surface area contributed by atoms with Crippen LogP contribution in [0.3, 0.4) is 0 Å². The molecule has 3 aromatic rings. The number of nitrogens with two attached hydrogens (primary N) is 1. The Kier molecular flexibility index (Phi) is 4.80. The lowest BCUT2D eigenvalue weighted by Crippen LogP contribution is -2.21. The number of ether oxygens (including phenoxy) is 2. The number of hydrogen-bond donors (Lipinski definition) is 2. The van der Waals surface area contributed by atoms with Crippen molar-refractivity contribution in [2.24, 2.45) is 5.73 Å². The zero-order chi connectivity index (χ0) is 19.7. The zero-order valence-electron chi connectivity index (χ0n) is 15.1. The van der Waals surface area contributed by atoms with Gasteiger partial charge in [0, 0.05) is 15.7 Å². The number of nitrogens with zero attached hydrogens (tertiary/aromatic N) is 2. The summed E-state index contributed by atoms with van der Waals surface area (Å²) in [7, 11) is 0. The van der Waals surface area contributed by atoms with Gasteiger partial charge in [-0.15, -0.1) is 5.10 Å². The van der Waals surface area contributed by atoms with Gasteiger partial charge in [0.05, 0.1) is 5.92 Å². The molecule has 1 atom stereocenters. The zero-order valence-corrected chi connectivity index (χ0v) is 16.7. The molecule has 3 N–H and O–H groups in total. The number of fused-ring (bicyclic) bond motifs is 1. The molecule has 4 rings (SSSR count). The molecule has 140 valence electrons. The summed E-state index contributed by atoms with van der Waals surface area (Å²) in [5.74, 6) is 0.919. The highest BCUT2D eigenvalue weighted by Gasteiger charge is 2.34. The van der Waals surface area contributed by atoms with E-state index in [1.165, 1.54) is 0 Å². The molecule has 0 radical (unpaired) electrons. The molecule has 7 heteroatoms. The normalized spacial score (nSPS) is 15.5. The molecule has 0 unspecified atom stereocenters. The number of aryl methyl sites for hydroxylation is 1. The van der Waals surface area contributed by atoms with Gasteiger partial charge in [-0.2, -0.15) is 5.26 Å². The van der Waals surface area contributed by atoms with E-state index in [0.29, 0.717) is 18.1 Å². The van der Waals surface area contributed by atoms with Crippen LogP contribution in [0.5, 0.6) is 11.6 Å². The summed E-state index contributed by atoms with van der Waals surface area (Å²) in [6.07, 6.45) is 0. The fourth-order valence-corrected chi connectivity index (χ4v) is 3.50. The van der Waals surface area contributed by atoms with E-state index in [-0.39, 0.29) is 11.8 Å². The first-order valence-electron chi connectivity index (χ1n) is 8.66. The van der Waals surface area contributed by atoms with Gasteiger partial charge in [0.2, 0.25) is 11.8 Å². The van der Waals surface area contributed by atoms with Crippen LogP contribution in [0.25, 0.3) is 0 Å². The van der Waals surface area contributed by atoms with E-state index < -0.39 is 0 Å². The Hall–Kier alpha value is -3.24. The number of halogens is 1. The van der Waals surface area contributed by atoms with E-state index >= 15 is 0 Å². The summed E-state index contributed by atoms with van der Waals surface area (Å²) < 4.78 is 12.4. The minimum Gasteiger partial charge on any atom is -0.489 e. The SMILES string of the molecule is Cc1[nH]nc2c1[C@@H](c1ccc(OCc3ccc(Br)cc3)cc1)C(C#N)=C(N)O2. The Balaban J connectivity index is 1.58. The molecule has 0 bridgehead atoms. The van der Waals surface area contributed by atoms with Crippen LogP contribution >= 0.6 is 15.9 Å². The summed E-state index contributed by atoms with van der Waals surface area (Å²) in [5.41, 5.74) is 10.00. The van der Waals surface area contributed by atoms with E-state index in [9.17, 15) is 5.26 Å². The Labute approximate surface area is 170 Å². The predicted molar refractivity (Wildman–Crippen MR) is 108 cm³/mol. The molecule has 1 aliphatic heterocycles. The highest BCUT2D eigenvalue weighted by atomic mass is 79.9. The molecular weight excluding hydrogens is 420 g/mol. The minimum atomic E-state index is -0.326. The van der Waals surface area contributed by atoms with Crippen LogP contribution < -0.4 is 15.2 Å². The van der Waals surface area contributed by atoms with E-state index in [0.717, 1.165) is 32.6 Å². The minimum absolute atomic E-state index is 0.0852. The van der Waals surface area contributed by atoms with Gasteiger partial charge in [-0.3, -0.25) is 5.10 Å². The van der Waals surface area contributed by atoms with Crippen LogP contribution in [-0.4, -0.2) is 10.2 Å². The van der Waals surface area contributed by atoms with Crippen LogP contribution in [0.15, 0.2) is 64.5 Å². The largest absolute Gasteiger partial charge is 0.489 e. The number of hydrogen-bond acceptors (Lipinski definition) is 5. The van der Waals surface area contributed by atoms with Gasteiger partial charge >= 0.3 is 0 Å². The number of nitrogens with one attached hydrogen (secondary N) is 1. The van der Waals surface area contributed by atoms with Gasteiger partial charge in [0.25, 0.3) is 0 Å². The van der Waals surface area contributed by atoms with Gasteiger partial charge < -0.3 is 15.2 Å². The molecule has 6 nitrogen and oxygen atoms in total. The van der Waals surface area contributed by atoms with Crippen molar-refractivity contribution in [2.45, 2.75) is 19.4 Å². The Morgan fingerprint density at radius 3 is 2.61 bits per heavy atom. The van der Waals surface area contributed by atoms with Crippen LogP contribution in [-0.2, 0) is 6.61 Å². The van der Waals surface area contributed by atoms with Crippen molar-refractivity contribution < 1.29 is 9.47 Å². The number of nitriles is 1. The topological polar surface area (TPSA) is 97.0 Å². The van der Waals surface area contributed by atoms with Crippen LogP contribution in [0.2, 0.25) is 0 Å². The standard InChI is InChI=1S/C21H17BrN4O2/c1-12-18-19(17(10-23)20(24)28-21(18)26-25-12)14-4-8-16(9-5-14)27-11-13-2-6-15(22)7-3-13/h2-9,19H,11,24H2,1H3,(H,25,26)/t19-/m0/s1. The van der Waals surface area contributed by atoms with Gasteiger partial charge in [-0.25, -0.2) is 0 Å². The lowest BCUT2D eigenvalue weighted by atomic mass is 9.84. The molecule has 0 fully saturated rings. The second-order valence-corrected chi connectivity index (χ2v) is 7.39. The maximum Gasteiger partial charge on any atom is 0.244 e. The third-order valence-electron chi connectivity index (χ3n) is 4.66. The molecule has 28 heavy (non-hydrogen) atoms. The monoisotopic (exact) mass is 436 g/mol. The first kappa shape index (κ1) is 18.1. The Morgan fingerprint density at radius 1 is 1.21 bits per heavy atom. The van der Waals surface area contributed by atoms with E-state index in [1.807, 2.05) is 55.5 Å². The van der Waals surface area contributed by atoms with Crippen molar-refractivity contribution in [1.82, 2.24) is 10.2 Å². The first-order chi connectivity index (χ1) is 13.6. The molecule has 0 amide bonds. The van der Waals surface area contributed by atoms with Crippen molar-refractivity contribution in [3.63, 3.8) is 0 Å². The molecule has 2 aromatic carbocycles. The molecular formula is C21H17BrN4O2. The fourth-order valence-electron chi connectivity index (χ4n) is 3.24. The average Bonchev–Trinajstić information content (AvgIpc) is 3.07. The van der Waals surface area contributed by atoms with Crippen LogP contribution in [0.4, 0.5) is 0 Å². The highest BCUT2D eigenvalue weighted by Crippen LogP contribution is 2.42. The van der Waals surface area contributed by atoms with E-state index in [4.69, 9.17) is 15.2 Å². The maximum atomic E-state index is 9.60. The summed E-state index contributed by atoms with van der Waals surface area (Å²) in [5, 5.41) is 16.6. The number of H-pyrrole nitrogens is 1. The summed E-state index contributed by atoms with van der Waals surface area (Å²) in [6.45, 7) is 2.37. The summed E-state index contributed by atoms with van der Waals surface area (Å²) in [4.78, 5) is 0. The van der Waals surface area contributed by atoms with Crippen molar-refractivity contribution in [3.05, 3.63) is 86.8 Å². The Bertz CT molecular complexity index is 1080. The summed E-state index contributed by atoms with van der Waals surface area (Å²) >= 11 is 3.42. The van der Waals surface area contributed by atoms with Crippen LogP contribution in [0, 0.1) is 18.3 Å². The fraction of sp³-hybridized carbons (Fsp3) is 0.143. The quantitative estimate of drug-likeness (QED) is 0.635. The lowest BCUT2D eigenvalue weighted by molar-refractivity contribution is 0.306. The molecule has 0 saturated heterocycles. The maximum absolute atomic E-state index is 9.60. The molecule has 0 aliphatic carbocycles. The summed E-state index contributed by atoms with van der Waals surface area (Å²) in [6, 6.07) is 17.8. The third kappa shape index (κ3) is 3.35. The van der Waals surface area contributed by atoms with Crippen molar-refractivity contribution in [2.75, 3.05) is 0 Å². The van der Waals surface area contributed by atoms with Gasteiger partial charge in [0.1, 0.15) is 24.0 Å². The van der Waals surface area contributed by atoms with Crippen molar-refractivity contribution in [1.29, 1.82) is 5.26 Å². The van der Waals surface area contributed by atoms with Gasteiger partial charge in [-0.05, 0) is 42.3 Å². The molecule has 2 heterocycles. The number of rotatable bonds is 4. The van der Waals surface area contributed by atoms with E-state index in [2.05, 4.69) is 32.2 Å². The second-order valence-electron chi connectivity index (χ2n) is 6.48. The van der Waals surface area contributed by atoms with Gasteiger partial charge in [-0.1, -0.05) is 40.2 Å². The third-order valence-corrected chi connectivity index (χ3v) is 5.19. The lowest BCUT2D eigenvalue weighted by Gasteiger charge is -2.23. The predicted octanol–water partition coefficient (Wildman–Crippen LogP) is 4.28. The molecule has 0 saturated carbocycles. The number of benzene rings is 2. The smallest absolute Gasteiger partial charge is 0.244 e. The Morgan fingerprint density at radius 2 is 1.93 bits per heavy atom. The van der Waals surface area contributed by atoms with Crippen molar-refractivity contribution >= 4 is 15.9 Å². The second kappa shape index (κ2) is 7.41. The molecule has 0 spiro atoms. The number of aromatic nitrogens is 2. The molecule has 1 aliphatic rings. The van der Waals surface area contributed by atoms with Gasteiger partial charge in [0.15, 0.2) is 0 Å². The van der Waals surface area contributed by atoms with E-state index in [1.54, 1.807) is 0 Å². The average molecular weight is 437 g/mol. The highest BCUT2D eigenvalue weighted by molar-refractivity contribution is 9.10. The molecule has 1 aromatic heterocycles. The first-order valence-corrected chi connectivity index (χ1v) is 9.45. The number of aromatic amines is 1.